The van der Waals surface area contributed by atoms with Crippen LogP contribution in [0.3, 0.4) is 0 Å². The van der Waals surface area contributed by atoms with Crippen molar-refractivity contribution in [1.29, 1.82) is 0 Å². The van der Waals surface area contributed by atoms with Gasteiger partial charge in [0, 0.05) is 12.0 Å². The van der Waals surface area contributed by atoms with Crippen molar-refractivity contribution in [2.75, 3.05) is 6.54 Å². The van der Waals surface area contributed by atoms with Gasteiger partial charge in [0.05, 0.1) is 6.33 Å². The normalized spacial score (nSPS) is 22.5. The van der Waals surface area contributed by atoms with Crippen LogP contribution in [0.15, 0.2) is 41.5 Å². The number of benzene rings is 1. The second-order valence-corrected chi connectivity index (χ2v) is 6.36. The number of H-pyrrole nitrogens is 2. The number of alkyl halides is 1. The number of aromatic amines is 2. The fraction of sp³-hybridized carbons (Fsp3) is 0.294. The lowest BCUT2D eigenvalue weighted by Crippen LogP contribution is -2.50. The fourth-order valence-electron chi connectivity index (χ4n) is 3.43. The summed E-state index contributed by atoms with van der Waals surface area (Å²) < 4.78 is 13.6. The Bertz CT molecular complexity index is 975. The Hall–Kier alpha value is -3.03. The third kappa shape index (κ3) is 2.59. The first kappa shape index (κ1) is 15.5. The number of carbonyl (C=O) groups is 1. The molecule has 1 saturated carbocycles. The maximum absolute atomic E-state index is 13.6. The van der Waals surface area contributed by atoms with Crippen LogP contribution in [0.2, 0.25) is 0 Å². The van der Waals surface area contributed by atoms with Crippen molar-refractivity contribution in [1.82, 2.24) is 25.5 Å². The first-order chi connectivity index (χ1) is 12.1. The van der Waals surface area contributed by atoms with Crippen LogP contribution >= 0.6 is 0 Å². The average molecular weight is 341 g/mol. The minimum Gasteiger partial charge on any atom is -0.350 e. The summed E-state index contributed by atoms with van der Waals surface area (Å²) in [5.41, 5.74) is 0.381. The molecule has 7 nitrogen and oxygen atoms in total. The lowest BCUT2D eigenvalue weighted by atomic mass is 9.63. The maximum atomic E-state index is 13.6. The summed E-state index contributed by atoms with van der Waals surface area (Å²) in [6, 6.07) is 9.59. The third-order valence-electron chi connectivity index (χ3n) is 4.78. The summed E-state index contributed by atoms with van der Waals surface area (Å²) in [6.07, 6.45) is 1.09. The van der Waals surface area contributed by atoms with Gasteiger partial charge < -0.3 is 10.3 Å². The van der Waals surface area contributed by atoms with Crippen molar-refractivity contribution < 1.29 is 9.18 Å². The molecule has 1 aliphatic rings. The van der Waals surface area contributed by atoms with Crippen LogP contribution < -0.4 is 10.9 Å². The molecular formula is C17H16FN5O2. The number of hydrogen-bond acceptors (Lipinski definition) is 4. The Labute approximate surface area is 141 Å². The summed E-state index contributed by atoms with van der Waals surface area (Å²) in [5.74, 6) is -0.460. The minimum absolute atomic E-state index is 0.0590. The van der Waals surface area contributed by atoms with Gasteiger partial charge in [-0.1, -0.05) is 30.3 Å². The Kier molecular flexibility index (Phi) is 3.60. The Morgan fingerprint density at radius 2 is 2.08 bits per heavy atom. The standard InChI is InChI=1S/C17H16FN5O2/c18-11-6-17(7-11,10-4-2-1-3-5-10)8-19-16(25)13-12-14(23-22-13)20-9-21-15(12)24/h1-5,9,11H,6-8H2,(H,19,25)(H2,20,21,22,23,24). The van der Waals surface area contributed by atoms with Gasteiger partial charge in [-0.25, -0.2) is 9.37 Å². The van der Waals surface area contributed by atoms with Crippen molar-refractivity contribution in [2.24, 2.45) is 0 Å². The molecule has 3 aromatic rings. The highest BCUT2D eigenvalue weighted by atomic mass is 19.1. The molecule has 1 fully saturated rings. The second kappa shape index (κ2) is 5.80. The summed E-state index contributed by atoms with van der Waals surface area (Å²) in [6.45, 7) is 0.287. The highest BCUT2D eigenvalue weighted by Gasteiger charge is 2.46. The van der Waals surface area contributed by atoms with Crippen molar-refractivity contribution in [3.63, 3.8) is 0 Å². The minimum atomic E-state index is -0.864. The van der Waals surface area contributed by atoms with Crippen LogP contribution in [0, 0.1) is 0 Å². The van der Waals surface area contributed by atoms with E-state index in [1.807, 2.05) is 30.3 Å². The molecule has 2 heterocycles. The van der Waals surface area contributed by atoms with E-state index >= 15 is 0 Å². The molecule has 0 aliphatic heterocycles. The monoisotopic (exact) mass is 341 g/mol. The molecule has 3 N–H and O–H groups in total. The van der Waals surface area contributed by atoms with E-state index in [4.69, 9.17) is 0 Å². The predicted molar refractivity (Wildman–Crippen MR) is 89.1 cm³/mol. The molecule has 1 aliphatic carbocycles. The van der Waals surface area contributed by atoms with Gasteiger partial charge in [0.1, 0.15) is 17.3 Å². The van der Waals surface area contributed by atoms with E-state index in [0.717, 1.165) is 5.56 Å². The van der Waals surface area contributed by atoms with Crippen LogP contribution in [0.25, 0.3) is 11.0 Å². The predicted octanol–water partition coefficient (Wildman–Crippen LogP) is 1.45. The zero-order valence-corrected chi connectivity index (χ0v) is 13.3. The van der Waals surface area contributed by atoms with E-state index in [2.05, 4.69) is 25.5 Å². The SMILES string of the molecule is O=C(NCC1(c2ccccc2)CC(F)C1)c1[nH]nc2nc[nH]c(=O)c12. The van der Waals surface area contributed by atoms with Crippen molar-refractivity contribution >= 4 is 16.9 Å². The zero-order chi connectivity index (χ0) is 17.4. The number of carbonyl (C=O) groups excluding carboxylic acids is 1. The molecule has 0 radical (unpaired) electrons. The highest BCUT2D eigenvalue weighted by Crippen LogP contribution is 2.45. The van der Waals surface area contributed by atoms with E-state index in [0.29, 0.717) is 12.8 Å². The molecule has 2 aromatic heterocycles. The number of rotatable bonds is 4. The third-order valence-corrected chi connectivity index (χ3v) is 4.78. The van der Waals surface area contributed by atoms with Gasteiger partial charge in [-0.15, -0.1) is 0 Å². The van der Waals surface area contributed by atoms with Gasteiger partial charge in [-0.2, -0.15) is 5.10 Å². The average Bonchev–Trinajstić information content (AvgIpc) is 3.04. The van der Waals surface area contributed by atoms with Crippen molar-refractivity contribution in [3.8, 4) is 0 Å². The molecule has 0 unspecified atom stereocenters. The van der Waals surface area contributed by atoms with E-state index in [1.54, 1.807) is 0 Å². The molecule has 4 rings (SSSR count). The van der Waals surface area contributed by atoms with Crippen LogP contribution in [0.4, 0.5) is 4.39 Å². The van der Waals surface area contributed by atoms with E-state index in [9.17, 15) is 14.0 Å². The lowest BCUT2D eigenvalue weighted by Gasteiger charge is -2.44. The molecule has 0 bridgehead atoms. The summed E-state index contributed by atoms with van der Waals surface area (Å²) in [4.78, 5) is 30.8. The molecule has 8 heteroatoms. The molecule has 0 atom stereocenters. The summed E-state index contributed by atoms with van der Waals surface area (Å²) in [5, 5.41) is 9.35. The molecule has 25 heavy (non-hydrogen) atoms. The molecular weight excluding hydrogens is 325 g/mol. The second-order valence-electron chi connectivity index (χ2n) is 6.36. The quantitative estimate of drug-likeness (QED) is 0.668. The van der Waals surface area contributed by atoms with Gasteiger partial charge in [0.2, 0.25) is 0 Å². The first-order valence-corrected chi connectivity index (χ1v) is 7.99. The van der Waals surface area contributed by atoms with Gasteiger partial charge in [-0.05, 0) is 18.4 Å². The zero-order valence-electron chi connectivity index (χ0n) is 13.3. The van der Waals surface area contributed by atoms with Crippen LogP contribution in [0.5, 0.6) is 0 Å². The van der Waals surface area contributed by atoms with Gasteiger partial charge >= 0.3 is 0 Å². The Morgan fingerprint density at radius 1 is 1.32 bits per heavy atom. The number of halogens is 1. The number of fused-ring (bicyclic) bond motifs is 1. The number of nitrogens with zero attached hydrogens (tertiary/aromatic N) is 2. The summed E-state index contributed by atoms with van der Waals surface area (Å²) >= 11 is 0. The van der Waals surface area contributed by atoms with E-state index < -0.39 is 23.1 Å². The number of hydrogen-bond donors (Lipinski definition) is 3. The number of aromatic nitrogens is 4. The van der Waals surface area contributed by atoms with Gasteiger partial charge in [0.15, 0.2) is 5.65 Å². The van der Waals surface area contributed by atoms with E-state index in [1.165, 1.54) is 6.33 Å². The number of amides is 1. The summed E-state index contributed by atoms with van der Waals surface area (Å²) in [7, 11) is 0. The maximum Gasteiger partial charge on any atom is 0.270 e. The smallest absolute Gasteiger partial charge is 0.270 e. The van der Waals surface area contributed by atoms with Crippen molar-refractivity contribution in [2.45, 2.75) is 24.4 Å². The Morgan fingerprint density at radius 3 is 2.80 bits per heavy atom. The van der Waals surface area contributed by atoms with Crippen molar-refractivity contribution in [3.05, 3.63) is 58.3 Å². The molecule has 0 spiro atoms. The van der Waals surface area contributed by atoms with Gasteiger partial charge in [-0.3, -0.25) is 14.7 Å². The van der Waals surface area contributed by atoms with Crippen LogP contribution in [-0.2, 0) is 5.41 Å². The fourth-order valence-corrected chi connectivity index (χ4v) is 3.43. The number of nitrogens with one attached hydrogen (secondary N) is 3. The topological polar surface area (TPSA) is 104 Å². The molecule has 0 saturated heterocycles. The largest absolute Gasteiger partial charge is 0.350 e. The highest BCUT2D eigenvalue weighted by molar-refractivity contribution is 6.03. The Balaban J connectivity index is 1.57. The molecule has 1 aromatic carbocycles. The first-order valence-electron chi connectivity index (χ1n) is 7.99. The molecule has 1 amide bonds. The molecule has 128 valence electrons. The van der Waals surface area contributed by atoms with E-state index in [-0.39, 0.29) is 23.3 Å². The van der Waals surface area contributed by atoms with Gasteiger partial charge in [0.25, 0.3) is 11.5 Å². The lowest BCUT2D eigenvalue weighted by molar-refractivity contribution is 0.0784. The van der Waals surface area contributed by atoms with Crippen LogP contribution in [-0.4, -0.2) is 38.8 Å². The van der Waals surface area contributed by atoms with Crippen LogP contribution in [0.1, 0.15) is 28.9 Å².